The number of para-hydroxylation sites is 1. The van der Waals surface area contributed by atoms with Crippen molar-refractivity contribution in [2.45, 2.75) is 12.5 Å². The lowest BCUT2D eigenvalue weighted by Crippen LogP contribution is -2.37. The van der Waals surface area contributed by atoms with Gasteiger partial charge in [0.05, 0.1) is 22.0 Å². The van der Waals surface area contributed by atoms with Crippen LogP contribution in [-0.4, -0.2) is 48.7 Å². The van der Waals surface area contributed by atoms with E-state index in [-0.39, 0.29) is 34.3 Å². The molecule has 2 aromatic rings. The van der Waals surface area contributed by atoms with Crippen LogP contribution in [0.2, 0.25) is 0 Å². The van der Waals surface area contributed by atoms with E-state index >= 15 is 0 Å². The number of furan rings is 1. The number of hydrogen-bond donors (Lipinski definition) is 0. The van der Waals surface area contributed by atoms with E-state index in [2.05, 4.69) is 0 Å². The minimum absolute atomic E-state index is 0.0138. The van der Waals surface area contributed by atoms with Crippen molar-refractivity contribution in [3.05, 3.63) is 52.3 Å². The second-order valence-corrected chi connectivity index (χ2v) is 8.14. The van der Waals surface area contributed by atoms with Crippen LogP contribution in [0.3, 0.4) is 0 Å². The first kappa shape index (κ1) is 17.2. The van der Waals surface area contributed by atoms with Gasteiger partial charge in [-0.25, -0.2) is 8.42 Å². The van der Waals surface area contributed by atoms with Crippen LogP contribution in [0, 0.1) is 10.1 Å². The number of nitrogens with zero attached hydrogens (tertiary/aromatic N) is 2. The maximum absolute atomic E-state index is 12.5. The first-order valence-electron chi connectivity index (χ1n) is 7.60. The summed E-state index contributed by atoms with van der Waals surface area (Å²) in [5.41, 5.74) is 0.156. The number of sulfone groups is 1. The molecule has 1 aromatic carbocycles. The molecule has 1 aromatic heterocycles. The Bertz CT molecular complexity index is 934. The molecule has 8 nitrogen and oxygen atoms in total. The largest absolute Gasteiger partial charge is 0.451 e. The van der Waals surface area contributed by atoms with Crippen LogP contribution in [0.4, 0.5) is 5.69 Å². The third-order valence-electron chi connectivity index (χ3n) is 4.26. The summed E-state index contributed by atoms with van der Waals surface area (Å²) >= 11 is 0. The fourth-order valence-electron chi connectivity index (χ4n) is 2.86. The summed E-state index contributed by atoms with van der Waals surface area (Å²) in [6.07, 6.45) is 0.391. The van der Waals surface area contributed by atoms with Gasteiger partial charge in [0.2, 0.25) is 0 Å². The third kappa shape index (κ3) is 3.41. The van der Waals surface area contributed by atoms with Crippen molar-refractivity contribution < 1.29 is 22.6 Å². The van der Waals surface area contributed by atoms with Crippen LogP contribution in [0.25, 0.3) is 11.3 Å². The van der Waals surface area contributed by atoms with Crippen molar-refractivity contribution in [2.24, 2.45) is 0 Å². The molecule has 1 atom stereocenters. The number of benzene rings is 1. The smallest absolute Gasteiger partial charge is 0.289 e. The molecular weight excluding hydrogens is 348 g/mol. The monoisotopic (exact) mass is 364 g/mol. The van der Waals surface area contributed by atoms with Crippen molar-refractivity contribution >= 4 is 21.4 Å². The molecule has 0 radical (unpaired) electrons. The summed E-state index contributed by atoms with van der Waals surface area (Å²) < 4.78 is 28.6. The molecule has 25 heavy (non-hydrogen) atoms. The van der Waals surface area contributed by atoms with Crippen molar-refractivity contribution in [2.75, 3.05) is 18.6 Å². The minimum atomic E-state index is -3.11. The van der Waals surface area contributed by atoms with Gasteiger partial charge in [-0.2, -0.15) is 0 Å². The molecule has 1 aliphatic heterocycles. The number of nitro groups is 1. The van der Waals surface area contributed by atoms with Crippen LogP contribution in [0.15, 0.2) is 40.8 Å². The Balaban J connectivity index is 1.84. The van der Waals surface area contributed by atoms with Gasteiger partial charge in [0, 0.05) is 19.2 Å². The van der Waals surface area contributed by atoms with Crippen LogP contribution in [-0.2, 0) is 9.84 Å². The SMILES string of the molecule is CN(C(=O)c1ccc(-c2ccccc2[N+](=O)[O-])o1)C1CCS(=O)(=O)C1. The first-order chi connectivity index (χ1) is 11.8. The quantitative estimate of drug-likeness (QED) is 0.607. The molecule has 9 heteroatoms. The van der Waals surface area contributed by atoms with Crippen LogP contribution in [0.5, 0.6) is 0 Å². The molecular formula is C16H16N2O6S. The lowest BCUT2D eigenvalue weighted by atomic mass is 10.1. The Hall–Kier alpha value is -2.68. The van der Waals surface area contributed by atoms with E-state index in [4.69, 9.17) is 4.42 Å². The van der Waals surface area contributed by atoms with Gasteiger partial charge in [-0.15, -0.1) is 0 Å². The van der Waals surface area contributed by atoms with E-state index in [1.807, 2.05) is 0 Å². The van der Waals surface area contributed by atoms with Gasteiger partial charge in [0.25, 0.3) is 11.6 Å². The van der Waals surface area contributed by atoms with E-state index in [9.17, 15) is 23.3 Å². The molecule has 2 heterocycles. The van der Waals surface area contributed by atoms with Crippen molar-refractivity contribution in [3.63, 3.8) is 0 Å². The topological polar surface area (TPSA) is 111 Å². The fourth-order valence-corrected chi connectivity index (χ4v) is 4.63. The predicted octanol–water partition coefficient (Wildman–Crippen LogP) is 2.11. The van der Waals surface area contributed by atoms with E-state index in [0.717, 1.165) is 0 Å². The standard InChI is InChI=1S/C16H16N2O6S/c1-17(11-8-9-25(22,23)10-11)16(19)15-7-6-14(24-15)12-4-2-3-5-13(12)18(20)21/h2-7,11H,8-10H2,1H3. The molecule has 0 bridgehead atoms. The summed E-state index contributed by atoms with van der Waals surface area (Å²) in [5, 5.41) is 11.1. The van der Waals surface area contributed by atoms with Gasteiger partial charge in [0.15, 0.2) is 15.6 Å². The van der Waals surface area contributed by atoms with Crippen molar-refractivity contribution in [3.8, 4) is 11.3 Å². The van der Waals surface area contributed by atoms with Gasteiger partial charge >= 0.3 is 0 Å². The van der Waals surface area contributed by atoms with Gasteiger partial charge in [-0.3, -0.25) is 14.9 Å². The highest BCUT2D eigenvalue weighted by molar-refractivity contribution is 7.91. The Morgan fingerprint density at radius 1 is 1.28 bits per heavy atom. The molecule has 1 aliphatic rings. The summed E-state index contributed by atoms with van der Waals surface area (Å²) in [5.74, 6) is -0.225. The van der Waals surface area contributed by atoms with E-state index in [1.54, 1.807) is 18.2 Å². The second kappa shape index (κ2) is 6.32. The average Bonchev–Trinajstić information content (AvgIpc) is 3.20. The number of carbonyl (C=O) groups is 1. The predicted molar refractivity (Wildman–Crippen MR) is 90.0 cm³/mol. The van der Waals surface area contributed by atoms with E-state index in [0.29, 0.717) is 6.42 Å². The minimum Gasteiger partial charge on any atom is -0.451 e. The van der Waals surface area contributed by atoms with Crippen molar-refractivity contribution in [1.82, 2.24) is 4.90 Å². The second-order valence-electron chi connectivity index (χ2n) is 5.91. The summed E-state index contributed by atoms with van der Waals surface area (Å²) in [4.78, 5) is 24.5. The van der Waals surface area contributed by atoms with E-state index in [1.165, 1.54) is 30.1 Å². The van der Waals surface area contributed by atoms with Crippen LogP contribution in [0.1, 0.15) is 17.0 Å². The van der Waals surface area contributed by atoms with Gasteiger partial charge in [-0.1, -0.05) is 12.1 Å². The van der Waals surface area contributed by atoms with Crippen LogP contribution >= 0.6 is 0 Å². The van der Waals surface area contributed by atoms with Crippen molar-refractivity contribution in [1.29, 1.82) is 0 Å². The number of hydrogen-bond acceptors (Lipinski definition) is 6. The van der Waals surface area contributed by atoms with Gasteiger partial charge in [0.1, 0.15) is 5.76 Å². The molecule has 0 saturated carbocycles. The number of carbonyl (C=O) groups excluding carboxylic acids is 1. The summed E-state index contributed by atoms with van der Waals surface area (Å²) in [6.45, 7) is 0. The number of nitro benzene ring substituents is 1. The normalized spacial score (nSPS) is 18.8. The number of rotatable bonds is 4. The Kier molecular flexibility index (Phi) is 4.34. The highest BCUT2D eigenvalue weighted by Gasteiger charge is 2.34. The Morgan fingerprint density at radius 2 is 2.00 bits per heavy atom. The third-order valence-corrected chi connectivity index (χ3v) is 6.01. The molecule has 1 unspecified atom stereocenters. The zero-order valence-corrected chi connectivity index (χ0v) is 14.2. The summed E-state index contributed by atoms with van der Waals surface area (Å²) in [7, 11) is -1.58. The molecule has 0 spiro atoms. The molecule has 3 rings (SSSR count). The Morgan fingerprint density at radius 3 is 2.64 bits per heavy atom. The fraction of sp³-hybridized carbons (Fsp3) is 0.312. The van der Waals surface area contributed by atoms with Gasteiger partial charge < -0.3 is 9.32 Å². The molecule has 132 valence electrons. The molecule has 1 amide bonds. The number of amides is 1. The zero-order valence-electron chi connectivity index (χ0n) is 13.4. The molecule has 0 N–H and O–H groups in total. The zero-order chi connectivity index (χ0) is 18.2. The Labute approximate surface area is 144 Å². The van der Waals surface area contributed by atoms with E-state index < -0.39 is 26.7 Å². The molecule has 1 fully saturated rings. The lowest BCUT2D eigenvalue weighted by molar-refractivity contribution is -0.384. The highest BCUT2D eigenvalue weighted by Crippen LogP contribution is 2.31. The summed E-state index contributed by atoms with van der Waals surface area (Å²) in [6, 6.07) is 8.63. The molecule has 0 aliphatic carbocycles. The van der Waals surface area contributed by atoms with Gasteiger partial charge in [-0.05, 0) is 24.6 Å². The van der Waals surface area contributed by atoms with Crippen LogP contribution < -0.4 is 0 Å². The molecule has 1 saturated heterocycles. The highest BCUT2D eigenvalue weighted by atomic mass is 32.2. The maximum atomic E-state index is 12.5. The maximum Gasteiger partial charge on any atom is 0.289 e. The average molecular weight is 364 g/mol. The lowest BCUT2D eigenvalue weighted by Gasteiger charge is -2.22. The first-order valence-corrected chi connectivity index (χ1v) is 9.42.